The van der Waals surface area contributed by atoms with E-state index in [4.69, 9.17) is 4.84 Å². The number of benzene rings is 2. The number of imide groups is 1. The van der Waals surface area contributed by atoms with Gasteiger partial charge in [-0.05, 0) is 30.5 Å². The molecule has 5 heteroatoms. The van der Waals surface area contributed by atoms with Crippen LogP contribution in [0, 0.1) is 0 Å². The van der Waals surface area contributed by atoms with Crippen molar-refractivity contribution in [2.75, 3.05) is 19.6 Å². The Labute approximate surface area is 179 Å². The van der Waals surface area contributed by atoms with E-state index in [1.807, 2.05) is 23.3 Å². The SMILES string of the molecule is CCN(CCCCCCCCN1C(=O)c2ccccc2C1=O)OCc1ccccc1. The lowest BCUT2D eigenvalue weighted by atomic mass is 10.1. The quantitative estimate of drug-likeness (QED) is 0.264. The molecule has 0 fully saturated rings. The van der Waals surface area contributed by atoms with Gasteiger partial charge in [-0.15, -0.1) is 0 Å². The van der Waals surface area contributed by atoms with Crippen molar-refractivity contribution in [2.45, 2.75) is 52.1 Å². The Morgan fingerprint density at radius 1 is 0.767 bits per heavy atom. The minimum absolute atomic E-state index is 0.147. The second-order valence-corrected chi connectivity index (χ2v) is 7.71. The van der Waals surface area contributed by atoms with Gasteiger partial charge in [0.1, 0.15) is 0 Å². The molecule has 3 rings (SSSR count). The van der Waals surface area contributed by atoms with Crippen LogP contribution >= 0.6 is 0 Å². The summed E-state index contributed by atoms with van der Waals surface area (Å²) in [5, 5.41) is 2.04. The van der Waals surface area contributed by atoms with Crippen LogP contribution < -0.4 is 0 Å². The third-order valence-corrected chi connectivity index (χ3v) is 5.53. The van der Waals surface area contributed by atoms with Gasteiger partial charge in [0, 0.05) is 19.6 Å². The van der Waals surface area contributed by atoms with Crippen molar-refractivity contribution in [1.82, 2.24) is 9.96 Å². The Kier molecular flexibility index (Phi) is 8.60. The summed E-state index contributed by atoms with van der Waals surface area (Å²) in [5.74, 6) is -0.295. The molecule has 0 aliphatic carbocycles. The summed E-state index contributed by atoms with van der Waals surface area (Å²) in [6.45, 7) is 5.07. The molecular weight excluding hydrogens is 376 g/mol. The Balaban J connectivity index is 1.24. The Morgan fingerprint density at radius 2 is 1.33 bits per heavy atom. The molecule has 0 spiro atoms. The third kappa shape index (κ3) is 6.00. The summed E-state index contributed by atoms with van der Waals surface area (Å²) in [5.41, 5.74) is 2.27. The molecule has 5 nitrogen and oxygen atoms in total. The molecule has 0 aromatic heterocycles. The van der Waals surface area contributed by atoms with Gasteiger partial charge in [-0.3, -0.25) is 19.3 Å². The number of fused-ring (bicyclic) bond motifs is 1. The first kappa shape index (κ1) is 22.2. The number of carbonyl (C=O) groups excluding carboxylic acids is 2. The van der Waals surface area contributed by atoms with Gasteiger partial charge in [0.15, 0.2) is 0 Å². The highest BCUT2D eigenvalue weighted by molar-refractivity contribution is 6.21. The minimum atomic E-state index is -0.147. The lowest BCUT2D eigenvalue weighted by Gasteiger charge is -2.20. The molecule has 2 aromatic rings. The van der Waals surface area contributed by atoms with Crippen LogP contribution in [-0.4, -0.2) is 41.4 Å². The van der Waals surface area contributed by atoms with Gasteiger partial charge in [-0.2, -0.15) is 5.06 Å². The van der Waals surface area contributed by atoms with Crippen molar-refractivity contribution in [1.29, 1.82) is 0 Å². The third-order valence-electron chi connectivity index (χ3n) is 5.53. The van der Waals surface area contributed by atoms with Crippen LogP contribution in [0.15, 0.2) is 54.6 Å². The lowest BCUT2D eigenvalue weighted by molar-refractivity contribution is -0.167. The number of carbonyl (C=O) groups is 2. The molecule has 0 N–H and O–H groups in total. The number of hydrogen-bond donors (Lipinski definition) is 0. The largest absolute Gasteiger partial charge is 0.294 e. The maximum Gasteiger partial charge on any atom is 0.261 e. The molecule has 0 saturated heterocycles. The number of amides is 2. The van der Waals surface area contributed by atoms with Gasteiger partial charge in [-0.25, -0.2) is 0 Å². The molecule has 1 heterocycles. The van der Waals surface area contributed by atoms with Crippen molar-refractivity contribution < 1.29 is 14.4 Å². The van der Waals surface area contributed by atoms with E-state index >= 15 is 0 Å². The summed E-state index contributed by atoms with van der Waals surface area (Å²) in [6.07, 6.45) is 6.47. The highest BCUT2D eigenvalue weighted by atomic mass is 16.7. The van der Waals surface area contributed by atoms with Crippen LogP contribution in [0.3, 0.4) is 0 Å². The molecule has 0 saturated carbocycles. The van der Waals surface area contributed by atoms with Gasteiger partial charge in [0.05, 0.1) is 17.7 Å². The topological polar surface area (TPSA) is 49.9 Å². The predicted molar refractivity (Wildman–Crippen MR) is 118 cm³/mol. The zero-order chi connectivity index (χ0) is 21.2. The standard InChI is InChI=1S/C25H32N2O3/c1-2-26(30-20-21-14-8-7-9-15-21)18-12-5-3-4-6-13-19-27-24(28)22-16-10-11-17-23(22)25(27)29/h7-11,14-17H,2-6,12-13,18-20H2,1H3. The van der Waals surface area contributed by atoms with Crippen LogP contribution in [0.2, 0.25) is 0 Å². The fourth-order valence-electron chi connectivity index (χ4n) is 3.76. The van der Waals surface area contributed by atoms with Crippen molar-refractivity contribution in [3.05, 3.63) is 71.3 Å². The zero-order valence-corrected chi connectivity index (χ0v) is 17.9. The van der Waals surface area contributed by atoms with E-state index in [1.165, 1.54) is 16.9 Å². The van der Waals surface area contributed by atoms with Crippen molar-refractivity contribution in [2.24, 2.45) is 0 Å². The Morgan fingerprint density at radius 3 is 1.97 bits per heavy atom. The van der Waals surface area contributed by atoms with Gasteiger partial charge < -0.3 is 0 Å². The van der Waals surface area contributed by atoms with Gasteiger partial charge in [0.2, 0.25) is 0 Å². The zero-order valence-electron chi connectivity index (χ0n) is 17.9. The summed E-state index contributed by atoms with van der Waals surface area (Å²) in [4.78, 5) is 32.0. The minimum Gasteiger partial charge on any atom is -0.294 e. The highest BCUT2D eigenvalue weighted by Gasteiger charge is 2.34. The molecule has 0 atom stereocenters. The van der Waals surface area contributed by atoms with Gasteiger partial charge in [0.25, 0.3) is 11.8 Å². The molecule has 2 aromatic carbocycles. The second kappa shape index (κ2) is 11.6. The van der Waals surface area contributed by atoms with Crippen molar-refractivity contribution in [3.63, 3.8) is 0 Å². The first-order valence-corrected chi connectivity index (χ1v) is 11.1. The number of hydroxylamine groups is 2. The van der Waals surface area contributed by atoms with E-state index in [0.717, 1.165) is 45.2 Å². The van der Waals surface area contributed by atoms with E-state index < -0.39 is 0 Å². The van der Waals surface area contributed by atoms with E-state index in [-0.39, 0.29) is 11.8 Å². The Hall–Kier alpha value is -2.50. The molecule has 2 amide bonds. The molecule has 0 radical (unpaired) electrons. The summed E-state index contributed by atoms with van der Waals surface area (Å²) < 4.78 is 0. The van der Waals surface area contributed by atoms with E-state index in [9.17, 15) is 9.59 Å². The average Bonchev–Trinajstić information content (AvgIpc) is 3.03. The molecule has 0 bridgehead atoms. The van der Waals surface area contributed by atoms with Crippen LogP contribution in [0.4, 0.5) is 0 Å². The first-order chi connectivity index (χ1) is 14.7. The van der Waals surface area contributed by atoms with E-state index in [0.29, 0.717) is 24.3 Å². The Bertz CT molecular complexity index is 787. The van der Waals surface area contributed by atoms with Crippen molar-refractivity contribution in [3.8, 4) is 0 Å². The first-order valence-electron chi connectivity index (χ1n) is 11.1. The summed E-state index contributed by atoms with van der Waals surface area (Å²) in [7, 11) is 0. The second-order valence-electron chi connectivity index (χ2n) is 7.71. The highest BCUT2D eigenvalue weighted by Crippen LogP contribution is 2.23. The molecule has 30 heavy (non-hydrogen) atoms. The van der Waals surface area contributed by atoms with E-state index in [1.54, 1.807) is 24.3 Å². The number of rotatable bonds is 13. The number of hydrogen-bond acceptors (Lipinski definition) is 4. The van der Waals surface area contributed by atoms with Gasteiger partial charge in [-0.1, -0.05) is 75.1 Å². The number of nitrogens with zero attached hydrogens (tertiary/aromatic N) is 2. The summed E-state index contributed by atoms with van der Waals surface area (Å²) in [6, 6.07) is 17.3. The van der Waals surface area contributed by atoms with Crippen molar-refractivity contribution >= 4 is 11.8 Å². The fraction of sp³-hybridized carbons (Fsp3) is 0.440. The van der Waals surface area contributed by atoms with Crippen LogP contribution in [0.5, 0.6) is 0 Å². The van der Waals surface area contributed by atoms with Gasteiger partial charge >= 0.3 is 0 Å². The molecular formula is C25H32N2O3. The normalized spacial score (nSPS) is 13.3. The maximum absolute atomic E-state index is 12.3. The molecule has 1 aliphatic heterocycles. The lowest BCUT2D eigenvalue weighted by Crippen LogP contribution is -2.30. The monoisotopic (exact) mass is 408 g/mol. The van der Waals surface area contributed by atoms with Crippen LogP contribution in [0.25, 0.3) is 0 Å². The number of unbranched alkanes of at least 4 members (excludes halogenated alkanes) is 5. The smallest absolute Gasteiger partial charge is 0.261 e. The molecule has 160 valence electrons. The van der Waals surface area contributed by atoms with Crippen LogP contribution in [-0.2, 0) is 11.4 Å². The van der Waals surface area contributed by atoms with E-state index in [2.05, 4.69) is 19.1 Å². The molecule has 1 aliphatic rings. The van der Waals surface area contributed by atoms with Crippen LogP contribution in [0.1, 0.15) is 71.7 Å². The maximum atomic E-state index is 12.3. The summed E-state index contributed by atoms with van der Waals surface area (Å²) >= 11 is 0. The fourth-order valence-corrected chi connectivity index (χ4v) is 3.76. The predicted octanol–water partition coefficient (Wildman–Crippen LogP) is 5.08. The average molecular weight is 409 g/mol. The molecule has 0 unspecified atom stereocenters.